The van der Waals surface area contributed by atoms with Crippen LogP contribution in [0.4, 0.5) is 5.69 Å². The van der Waals surface area contributed by atoms with E-state index in [1.165, 1.54) is 4.57 Å². The number of hydrogen-bond donors (Lipinski definition) is 1. The minimum atomic E-state index is -0.247. The minimum absolute atomic E-state index is 0.0728. The Morgan fingerprint density at radius 1 is 1.15 bits per heavy atom. The van der Waals surface area contributed by atoms with E-state index in [-0.39, 0.29) is 17.3 Å². The molecule has 0 fully saturated rings. The lowest BCUT2D eigenvalue weighted by Crippen LogP contribution is -2.13. The lowest BCUT2D eigenvalue weighted by molar-refractivity contribution is 0.420. The van der Waals surface area contributed by atoms with Crippen molar-refractivity contribution in [2.75, 3.05) is 0 Å². The summed E-state index contributed by atoms with van der Waals surface area (Å²) in [5.41, 5.74) is 3.49. The fourth-order valence-electron chi connectivity index (χ4n) is 2.76. The van der Waals surface area contributed by atoms with Gasteiger partial charge in [-0.25, -0.2) is 0 Å². The van der Waals surface area contributed by atoms with Crippen molar-refractivity contribution in [1.82, 2.24) is 4.57 Å². The fraction of sp³-hybridized carbons (Fsp3) is 0.0526. The summed E-state index contributed by atoms with van der Waals surface area (Å²) in [5.74, 6) is -0.0728. The second-order valence-electron chi connectivity index (χ2n) is 5.77. The van der Waals surface area contributed by atoms with Crippen LogP contribution in [0.3, 0.4) is 0 Å². The fourth-order valence-corrected chi connectivity index (χ4v) is 3.92. The van der Waals surface area contributed by atoms with Crippen LogP contribution in [0.1, 0.15) is 16.0 Å². The summed E-state index contributed by atoms with van der Waals surface area (Å²) in [4.78, 5) is 16.9. The van der Waals surface area contributed by atoms with Crippen LogP contribution in [0.15, 0.2) is 52.3 Å². The van der Waals surface area contributed by atoms with Crippen LogP contribution in [0, 0.1) is 0 Å². The standard InChI is InChI=1S/C19H12Cl2N2O2S/c20-14-6-5-11(7-15(14)21)10-23-18(24)17(26-19(23)25)8-12-9-22-16-4-2-1-3-13(12)16/h1-9,24H,10H2. The summed E-state index contributed by atoms with van der Waals surface area (Å²) in [6, 6.07) is 12.9. The molecule has 0 aliphatic carbocycles. The summed E-state index contributed by atoms with van der Waals surface area (Å²) in [7, 11) is 0. The highest BCUT2D eigenvalue weighted by atomic mass is 35.5. The van der Waals surface area contributed by atoms with Crippen LogP contribution in [0.2, 0.25) is 10.0 Å². The molecule has 0 radical (unpaired) electrons. The van der Waals surface area contributed by atoms with Crippen LogP contribution >= 0.6 is 34.5 Å². The lowest BCUT2D eigenvalue weighted by atomic mass is 10.1. The van der Waals surface area contributed by atoms with Gasteiger partial charge in [0.2, 0.25) is 5.88 Å². The Bertz CT molecular complexity index is 1130. The molecule has 0 bridgehead atoms. The third-order valence-electron chi connectivity index (χ3n) is 4.06. The van der Waals surface area contributed by atoms with Gasteiger partial charge in [0.15, 0.2) is 0 Å². The maximum Gasteiger partial charge on any atom is 0.310 e. The van der Waals surface area contributed by atoms with Crippen LogP contribution in [-0.2, 0) is 6.54 Å². The molecule has 4 rings (SSSR count). The maximum atomic E-state index is 12.3. The largest absolute Gasteiger partial charge is 0.493 e. The van der Waals surface area contributed by atoms with E-state index in [4.69, 9.17) is 23.2 Å². The van der Waals surface area contributed by atoms with E-state index < -0.39 is 0 Å². The Morgan fingerprint density at radius 2 is 1.96 bits per heavy atom. The molecule has 3 aromatic rings. The summed E-state index contributed by atoms with van der Waals surface area (Å²) in [5, 5.41) is 11.4. The molecule has 7 heteroatoms. The molecule has 26 heavy (non-hydrogen) atoms. The summed E-state index contributed by atoms with van der Waals surface area (Å²) >= 11 is 12.9. The van der Waals surface area contributed by atoms with Crippen molar-refractivity contribution in [2.24, 2.45) is 4.99 Å². The number of nitrogens with zero attached hydrogens (tertiary/aromatic N) is 2. The quantitative estimate of drug-likeness (QED) is 0.651. The van der Waals surface area contributed by atoms with Crippen molar-refractivity contribution >= 4 is 58.1 Å². The van der Waals surface area contributed by atoms with Crippen LogP contribution < -0.4 is 4.87 Å². The predicted molar refractivity (Wildman–Crippen MR) is 108 cm³/mol. The zero-order valence-electron chi connectivity index (χ0n) is 13.3. The molecule has 0 unspecified atom stereocenters. The van der Waals surface area contributed by atoms with E-state index in [0.29, 0.717) is 14.9 Å². The predicted octanol–water partition coefficient (Wildman–Crippen LogP) is 5.23. The Labute approximate surface area is 163 Å². The molecule has 0 atom stereocenters. The van der Waals surface area contributed by atoms with Crippen molar-refractivity contribution in [3.8, 4) is 5.88 Å². The number of allylic oxidation sites excluding steroid dienone is 1. The van der Waals surface area contributed by atoms with Crippen LogP contribution in [0.5, 0.6) is 5.88 Å². The molecule has 0 amide bonds. The molecule has 1 aliphatic rings. The van der Waals surface area contributed by atoms with Gasteiger partial charge in [0.1, 0.15) is 0 Å². The molecule has 0 spiro atoms. The van der Waals surface area contributed by atoms with E-state index >= 15 is 0 Å². The van der Waals surface area contributed by atoms with Gasteiger partial charge < -0.3 is 5.11 Å². The van der Waals surface area contributed by atoms with Crippen molar-refractivity contribution in [3.05, 3.63) is 78.2 Å². The highest BCUT2D eigenvalue weighted by Gasteiger charge is 2.16. The first kappa shape index (κ1) is 17.1. The van der Waals surface area contributed by atoms with Gasteiger partial charge in [-0.1, -0.05) is 58.8 Å². The van der Waals surface area contributed by atoms with E-state index in [9.17, 15) is 9.90 Å². The number of fused-ring (bicyclic) bond motifs is 1. The van der Waals surface area contributed by atoms with Gasteiger partial charge >= 0.3 is 4.87 Å². The van der Waals surface area contributed by atoms with Crippen LogP contribution in [-0.4, -0.2) is 15.9 Å². The Kier molecular flexibility index (Phi) is 4.44. The summed E-state index contributed by atoms with van der Waals surface area (Å²) in [6.45, 7) is 0.214. The molecule has 0 saturated carbocycles. The molecule has 1 aliphatic heterocycles. The van der Waals surface area contributed by atoms with Gasteiger partial charge in [-0.3, -0.25) is 14.4 Å². The monoisotopic (exact) mass is 402 g/mol. The van der Waals surface area contributed by atoms with E-state index in [0.717, 1.165) is 33.7 Å². The second kappa shape index (κ2) is 6.76. The number of aromatic hydroxyl groups is 1. The first-order chi connectivity index (χ1) is 12.5. The van der Waals surface area contributed by atoms with Gasteiger partial charge in [-0.2, -0.15) is 0 Å². The highest BCUT2D eigenvalue weighted by Crippen LogP contribution is 2.34. The molecular formula is C19H12Cl2N2O2S. The molecular weight excluding hydrogens is 391 g/mol. The van der Waals surface area contributed by atoms with Crippen LogP contribution in [0.25, 0.3) is 11.6 Å². The lowest BCUT2D eigenvalue weighted by Gasteiger charge is -2.05. The van der Waals surface area contributed by atoms with Gasteiger partial charge in [0, 0.05) is 17.4 Å². The Hall–Kier alpha value is -2.34. The number of thiazole rings is 1. The normalized spacial score (nSPS) is 14.2. The Morgan fingerprint density at radius 3 is 2.77 bits per heavy atom. The molecule has 0 saturated heterocycles. The van der Waals surface area contributed by atoms with Crippen molar-refractivity contribution in [2.45, 2.75) is 6.54 Å². The van der Waals surface area contributed by atoms with Crippen molar-refractivity contribution in [3.63, 3.8) is 0 Å². The average molecular weight is 403 g/mol. The first-order valence-electron chi connectivity index (χ1n) is 7.74. The molecule has 1 aromatic heterocycles. The Balaban J connectivity index is 1.70. The minimum Gasteiger partial charge on any atom is -0.493 e. The number of rotatable bonds is 3. The smallest absolute Gasteiger partial charge is 0.310 e. The third kappa shape index (κ3) is 3.09. The van der Waals surface area contributed by atoms with Crippen molar-refractivity contribution in [1.29, 1.82) is 0 Å². The molecule has 4 nitrogen and oxygen atoms in total. The number of aliphatic imine (C=N–C) groups is 1. The highest BCUT2D eigenvalue weighted by molar-refractivity contribution is 7.10. The number of hydrogen-bond acceptors (Lipinski definition) is 4. The third-order valence-corrected chi connectivity index (χ3v) is 5.72. The first-order valence-corrected chi connectivity index (χ1v) is 9.32. The molecule has 2 aromatic carbocycles. The number of halogens is 2. The maximum absolute atomic E-state index is 12.3. The van der Waals surface area contributed by atoms with Gasteiger partial charge in [-0.05, 0) is 29.8 Å². The number of benzene rings is 2. The average Bonchev–Trinajstić information content (AvgIpc) is 3.15. The van der Waals surface area contributed by atoms with Gasteiger partial charge in [-0.15, -0.1) is 0 Å². The number of aromatic nitrogens is 1. The zero-order chi connectivity index (χ0) is 18.3. The van der Waals surface area contributed by atoms with E-state index in [1.54, 1.807) is 30.5 Å². The molecule has 2 heterocycles. The second-order valence-corrected chi connectivity index (χ2v) is 7.57. The van der Waals surface area contributed by atoms with Crippen molar-refractivity contribution < 1.29 is 5.11 Å². The summed E-state index contributed by atoms with van der Waals surface area (Å²) < 4.78 is 1.31. The van der Waals surface area contributed by atoms with E-state index in [1.807, 2.05) is 24.3 Å². The zero-order valence-corrected chi connectivity index (χ0v) is 15.6. The van der Waals surface area contributed by atoms with E-state index in [2.05, 4.69) is 4.99 Å². The molecule has 1 N–H and O–H groups in total. The topological polar surface area (TPSA) is 54.6 Å². The summed E-state index contributed by atoms with van der Waals surface area (Å²) in [6.07, 6.45) is 3.51. The molecule has 130 valence electrons. The van der Waals surface area contributed by atoms with Gasteiger partial charge in [0.25, 0.3) is 0 Å². The SMILES string of the molecule is O=c1sc(C=C2C=Nc3ccccc32)c(O)n1Cc1ccc(Cl)c(Cl)c1. The van der Waals surface area contributed by atoms with Gasteiger partial charge in [0.05, 0.1) is 27.2 Å². The number of para-hydroxylation sites is 1.